The first-order valence-corrected chi connectivity index (χ1v) is 6.59. The van der Waals surface area contributed by atoms with Crippen molar-refractivity contribution in [3.8, 4) is 6.07 Å². The molecule has 0 radical (unpaired) electrons. The summed E-state index contributed by atoms with van der Waals surface area (Å²) in [5, 5.41) is 8.83. The first kappa shape index (κ1) is 12.0. The van der Waals surface area contributed by atoms with E-state index in [4.69, 9.17) is 5.26 Å². The Bertz CT molecular complexity index is 588. The third-order valence-corrected chi connectivity index (χ3v) is 4.76. The van der Waals surface area contributed by atoms with Gasteiger partial charge >= 0.3 is 0 Å². The van der Waals surface area contributed by atoms with E-state index in [-0.39, 0.29) is 10.9 Å². The second-order valence-electron chi connectivity index (χ2n) is 3.98. The van der Waals surface area contributed by atoms with Crippen LogP contribution in [-0.2, 0) is 10.0 Å². The van der Waals surface area contributed by atoms with Crippen LogP contribution in [0, 0.1) is 17.1 Å². The van der Waals surface area contributed by atoms with Gasteiger partial charge in [0.05, 0.1) is 0 Å². The molecule has 0 spiro atoms. The van der Waals surface area contributed by atoms with E-state index in [9.17, 15) is 12.8 Å². The van der Waals surface area contributed by atoms with E-state index >= 15 is 0 Å². The second kappa shape index (κ2) is 4.09. The third kappa shape index (κ3) is 2.04. The molecule has 0 heterocycles. The molecule has 0 aromatic heterocycles. The molecule has 90 valence electrons. The highest BCUT2D eigenvalue weighted by molar-refractivity contribution is 7.89. The number of sulfonamides is 1. The van der Waals surface area contributed by atoms with Crippen molar-refractivity contribution in [1.29, 1.82) is 5.26 Å². The SMILES string of the molecule is CN(C1CC1)S(=O)(=O)c1cccc(F)c1C#N. The largest absolute Gasteiger partial charge is 0.244 e. The van der Waals surface area contributed by atoms with Crippen molar-refractivity contribution in [1.82, 2.24) is 4.31 Å². The summed E-state index contributed by atoms with van der Waals surface area (Å²) in [7, 11) is -2.31. The molecule has 0 unspecified atom stereocenters. The van der Waals surface area contributed by atoms with Crippen molar-refractivity contribution in [2.45, 2.75) is 23.8 Å². The first-order chi connectivity index (χ1) is 7.98. The van der Waals surface area contributed by atoms with Crippen LogP contribution in [0.5, 0.6) is 0 Å². The van der Waals surface area contributed by atoms with E-state index in [2.05, 4.69) is 0 Å². The Labute approximate surface area is 99.3 Å². The Hall–Kier alpha value is -1.45. The lowest BCUT2D eigenvalue weighted by Crippen LogP contribution is -2.29. The van der Waals surface area contributed by atoms with Crippen LogP contribution in [0.15, 0.2) is 23.1 Å². The maximum atomic E-state index is 13.4. The molecule has 0 amide bonds. The molecule has 1 saturated carbocycles. The van der Waals surface area contributed by atoms with Gasteiger partial charge in [-0.1, -0.05) is 6.07 Å². The number of benzene rings is 1. The van der Waals surface area contributed by atoms with Gasteiger partial charge < -0.3 is 0 Å². The Balaban J connectivity index is 2.54. The van der Waals surface area contributed by atoms with E-state index in [1.165, 1.54) is 23.5 Å². The molecule has 0 aliphatic heterocycles. The number of rotatable bonds is 3. The van der Waals surface area contributed by atoms with Gasteiger partial charge in [-0.05, 0) is 25.0 Å². The lowest BCUT2D eigenvalue weighted by atomic mass is 10.2. The summed E-state index contributed by atoms with van der Waals surface area (Å²) < 4.78 is 38.9. The Morgan fingerprint density at radius 2 is 2.12 bits per heavy atom. The summed E-state index contributed by atoms with van der Waals surface area (Å²) >= 11 is 0. The van der Waals surface area contributed by atoms with Gasteiger partial charge in [-0.3, -0.25) is 0 Å². The van der Waals surface area contributed by atoms with Crippen LogP contribution in [0.4, 0.5) is 4.39 Å². The molecule has 0 saturated heterocycles. The van der Waals surface area contributed by atoms with E-state index in [0.717, 1.165) is 18.9 Å². The Morgan fingerprint density at radius 1 is 1.47 bits per heavy atom. The summed E-state index contributed by atoms with van der Waals surface area (Å²) in [4.78, 5) is -0.255. The van der Waals surface area contributed by atoms with Gasteiger partial charge in [0, 0.05) is 13.1 Å². The van der Waals surface area contributed by atoms with Crippen LogP contribution in [0.2, 0.25) is 0 Å². The van der Waals surface area contributed by atoms with Crippen LogP contribution in [0.1, 0.15) is 18.4 Å². The molecule has 1 aromatic rings. The summed E-state index contributed by atoms with van der Waals surface area (Å²) in [6.07, 6.45) is 1.62. The highest BCUT2D eigenvalue weighted by Gasteiger charge is 2.36. The van der Waals surface area contributed by atoms with Crippen LogP contribution >= 0.6 is 0 Å². The van der Waals surface area contributed by atoms with Gasteiger partial charge in [0.1, 0.15) is 22.3 Å². The molecule has 1 aliphatic carbocycles. The summed E-state index contributed by atoms with van der Waals surface area (Å²) in [6.45, 7) is 0. The molecule has 1 aromatic carbocycles. The van der Waals surface area contributed by atoms with Crippen molar-refractivity contribution in [2.75, 3.05) is 7.05 Å². The fourth-order valence-corrected chi connectivity index (χ4v) is 3.18. The monoisotopic (exact) mass is 254 g/mol. The van der Waals surface area contributed by atoms with Crippen LogP contribution < -0.4 is 0 Å². The minimum Gasteiger partial charge on any atom is -0.207 e. The van der Waals surface area contributed by atoms with Gasteiger partial charge in [-0.2, -0.15) is 9.57 Å². The second-order valence-corrected chi connectivity index (χ2v) is 5.94. The molecule has 0 N–H and O–H groups in total. The smallest absolute Gasteiger partial charge is 0.207 e. The number of hydrogen-bond donors (Lipinski definition) is 0. The van der Waals surface area contributed by atoms with Crippen LogP contribution in [0.3, 0.4) is 0 Å². The first-order valence-electron chi connectivity index (χ1n) is 5.15. The molecule has 1 aliphatic rings. The maximum Gasteiger partial charge on any atom is 0.244 e. The number of hydrogen-bond acceptors (Lipinski definition) is 3. The lowest BCUT2D eigenvalue weighted by molar-refractivity contribution is 0.463. The zero-order valence-corrected chi connectivity index (χ0v) is 10.0. The van der Waals surface area contributed by atoms with Gasteiger partial charge in [0.25, 0.3) is 0 Å². The maximum absolute atomic E-state index is 13.4. The van der Waals surface area contributed by atoms with Crippen LogP contribution in [0.25, 0.3) is 0 Å². The van der Waals surface area contributed by atoms with E-state index in [1.54, 1.807) is 6.07 Å². The van der Waals surface area contributed by atoms with Gasteiger partial charge in [-0.25, -0.2) is 12.8 Å². The minimum atomic E-state index is -3.77. The van der Waals surface area contributed by atoms with E-state index in [0.29, 0.717) is 0 Å². The molecule has 0 atom stereocenters. The minimum absolute atomic E-state index is 0.0187. The molecular formula is C11H11FN2O2S. The average molecular weight is 254 g/mol. The van der Waals surface area contributed by atoms with Gasteiger partial charge in [0.2, 0.25) is 10.0 Å². The van der Waals surface area contributed by atoms with E-state index < -0.39 is 21.4 Å². The standard InChI is InChI=1S/C11H11FN2O2S/c1-14(8-5-6-8)17(15,16)11-4-2-3-10(12)9(11)7-13/h2-4,8H,5-6H2,1H3. The van der Waals surface area contributed by atoms with Crippen molar-refractivity contribution in [3.05, 3.63) is 29.6 Å². The quantitative estimate of drug-likeness (QED) is 0.820. The zero-order valence-electron chi connectivity index (χ0n) is 9.22. The normalized spacial score (nSPS) is 15.9. The highest BCUT2D eigenvalue weighted by atomic mass is 32.2. The number of halogens is 1. The third-order valence-electron chi connectivity index (χ3n) is 2.81. The van der Waals surface area contributed by atoms with Gasteiger partial charge in [0.15, 0.2) is 0 Å². The van der Waals surface area contributed by atoms with Crippen molar-refractivity contribution in [3.63, 3.8) is 0 Å². The number of nitriles is 1. The fourth-order valence-electron chi connectivity index (χ4n) is 1.62. The molecule has 2 rings (SSSR count). The predicted octanol–water partition coefficient (Wildman–Crippen LogP) is 1.48. The molecule has 0 bridgehead atoms. The topological polar surface area (TPSA) is 61.2 Å². The number of nitrogens with zero attached hydrogens (tertiary/aromatic N) is 2. The van der Waals surface area contributed by atoms with Crippen LogP contribution in [-0.4, -0.2) is 25.8 Å². The lowest BCUT2D eigenvalue weighted by Gasteiger charge is -2.17. The summed E-state index contributed by atoms with van der Waals surface area (Å²) in [5.41, 5.74) is -0.417. The molecule has 1 fully saturated rings. The van der Waals surface area contributed by atoms with Crippen molar-refractivity contribution >= 4 is 10.0 Å². The van der Waals surface area contributed by atoms with Crippen molar-refractivity contribution in [2.24, 2.45) is 0 Å². The highest BCUT2D eigenvalue weighted by Crippen LogP contribution is 2.31. The van der Waals surface area contributed by atoms with E-state index in [1.807, 2.05) is 0 Å². The molecule has 6 heteroatoms. The Kier molecular flexibility index (Phi) is 2.89. The summed E-state index contributed by atoms with van der Waals surface area (Å²) in [5.74, 6) is -0.808. The predicted molar refractivity (Wildman–Crippen MR) is 59.1 cm³/mol. The Morgan fingerprint density at radius 3 is 2.65 bits per heavy atom. The van der Waals surface area contributed by atoms with Crippen molar-refractivity contribution < 1.29 is 12.8 Å². The average Bonchev–Trinajstić information content (AvgIpc) is 3.11. The molecule has 17 heavy (non-hydrogen) atoms. The van der Waals surface area contributed by atoms with Gasteiger partial charge in [-0.15, -0.1) is 0 Å². The molecule has 4 nitrogen and oxygen atoms in total. The fraction of sp³-hybridized carbons (Fsp3) is 0.364. The molecular weight excluding hydrogens is 243 g/mol. The zero-order chi connectivity index (χ0) is 12.6. The summed E-state index contributed by atoms with van der Waals surface area (Å²) in [6, 6.07) is 5.22.